The Morgan fingerprint density at radius 1 is 1.11 bits per heavy atom. The molecule has 0 saturated carbocycles. The summed E-state index contributed by atoms with van der Waals surface area (Å²) >= 11 is 1.30. The Bertz CT molecular complexity index is 1010. The van der Waals surface area contributed by atoms with Gasteiger partial charge in [0.2, 0.25) is 0 Å². The molecule has 7 heteroatoms. The zero-order valence-corrected chi connectivity index (χ0v) is 16.9. The topological polar surface area (TPSA) is 77.9 Å². The van der Waals surface area contributed by atoms with Crippen LogP contribution in [-0.2, 0) is 11.2 Å². The van der Waals surface area contributed by atoms with Gasteiger partial charge in [0.1, 0.15) is 11.3 Å². The fourth-order valence-electron chi connectivity index (χ4n) is 3.10. The largest absolute Gasteiger partial charge is 0.504 e. The van der Waals surface area contributed by atoms with E-state index in [1.807, 2.05) is 24.4 Å². The van der Waals surface area contributed by atoms with Crippen molar-refractivity contribution in [3.63, 3.8) is 0 Å². The summed E-state index contributed by atoms with van der Waals surface area (Å²) in [5.41, 5.74) is 4.39. The number of benzene rings is 2. The van der Waals surface area contributed by atoms with Crippen molar-refractivity contribution in [3.05, 3.63) is 46.8 Å². The molecule has 0 aliphatic carbocycles. The minimum absolute atomic E-state index is 0.0702. The second-order valence-electron chi connectivity index (χ2n) is 6.02. The second kappa shape index (κ2) is 8.31. The molecule has 0 saturated heterocycles. The van der Waals surface area contributed by atoms with Gasteiger partial charge in [-0.05, 0) is 53.3 Å². The first-order valence-corrected chi connectivity index (χ1v) is 9.49. The number of hydrogen-bond acceptors (Lipinski definition) is 7. The van der Waals surface area contributed by atoms with E-state index < -0.39 is 5.97 Å². The SMILES string of the molecule is CCc1cc(-c2nscc2-c2ccc(OC)c(C(=O)OC)c2)cc(O)c1OC. The van der Waals surface area contributed by atoms with Crippen LogP contribution in [0.25, 0.3) is 22.4 Å². The van der Waals surface area contributed by atoms with Gasteiger partial charge in [0.25, 0.3) is 0 Å². The maximum absolute atomic E-state index is 12.1. The summed E-state index contributed by atoms with van der Waals surface area (Å²) < 4.78 is 19.9. The second-order valence-corrected chi connectivity index (χ2v) is 6.65. The number of aromatic nitrogens is 1. The van der Waals surface area contributed by atoms with E-state index in [-0.39, 0.29) is 5.75 Å². The van der Waals surface area contributed by atoms with Gasteiger partial charge in [0.05, 0.1) is 27.0 Å². The molecular formula is C21H21NO5S. The van der Waals surface area contributed by atoms with E-state index in [9.17, 15) is 9.90 Å². The van der Waals surface area contributed by atoms with Crippen molar-refractivity contribution in [2.24, 2.45) is 0 Å². The average molecular weight is 399 g/mol. The zero-order valence-electron chi connectivity index (χ0n) is 16.1. The predicted molar refractivity (Wildman–Crippen MR) is 108 cm³/mol. The van der Waals surface area contributed by atoms with Crippen LogP contribution in [0.3, 0.4) is 0 Å². The van der Waals surface area contributed by atoms with Crippen LogP contribution in [0.1, 0.15) is 22.8 Å². The number of methoxy groups -OCH3 is 3. The van der Waals surface area contributed by atoms with Gasteiger partial charge in [0, 0.05) is 16.5 Å². The van der Waals surface area contributed by atoms with Crippen LogP contribution in [0.4, 0.5) is 0 Å². The fraction of sp³-hybridized carbons (Fsp3) is 0.238. The minimum atomic E-state index is -0.473. The number of phenolic OH excluding ortho intramolecular Hbond substituents is 1. The van der Waals surface area contributed by atoms with E-state index in [2.05, 4.69) is 4.37 Å². The van der Waals surface area contributed by atoms with Gasteiger partial charge in [0.15, 0.2) is 11.5 Å². The van der Waals surface area contributed by atoms with Crippen LogP contribution in [0.15, 0.2) is 35.7 Å². The van der Waals surface area contributed by atoms with Crippen molar-refractivity contribution in [2.45, 2.75) is 13.3 Å². The molecule has 1 aromatic heterocycles. The van der Waals surface area contributed by atoms with Crippen LogP contribution < -0.4 is 9.47 Å². The summed E-state index contributed by atoms with van der Waals surface area (Å²) in [6.07, 6.45) is 0.707. The first kappa shape index (κ1) is 19.7. The van der Waals surface area contributed by atoms with Crippen molar-refractivity contribution >= 4 is 17.5 Å². The summed E-state index contributed by atoms with van der Waals surface area (Å²) in [5, 5.41) is 12.3. The third-order valence-electron chi connectivity index (χ3n) is 4.49. The number of nitrogens with zero attached hydrogens (tertiary/aromatic N) is 1. The van der Waals surface area contributed by atoms with Gasteiger partial charge >= 0.3 is 5.97 Å². The molecule has 0 spiro atoms. The van der Waals surface area contributed by atoms with Crippen molar-refractivity contribution in [1.29, 1.82) is 0 Å². The lowest BCUT2D eigenvalue weighted by atomic mass is 9.97. The number of phenols is 1. The van der Waals surface area contributed by atoms with E-state index in [0.29, 0.717) is 23.5 Å². The van der Waals surface area contributed by atoms with Crippen LogP contribution in [-0.4, -0.2) is 36.8 Å². The highest BCUT2D eigenvalue weighted by atomic mass is 32.1. The Labute approximate surface area is 167 Å². The zero-order chi connectivity index (χ0) is 20.3. The summed E-state index contributed by atoms with van der Waals surface area (Å²) in [6, 6.07) is 8.92. The average Bonchev–Trinajstić information content (AvgIpc) is 3.21. The number of aryl methyl sites for hydroxylation is 1. The maximum atomic E-state index is 12.1. The van der Waals surface area contributed by atoms with E-state index in [4.69, 9.17) is 14.2 Å². The Hall–Kier alpha value is -3.06. The molecule has 0 radical (unpaired) electrons. The number of carbonyl (C=O) groups is 1. The predicted octanol–water partition coefficient (Wildman–Crippen LogP) is 4.55. The summed E-state index contributed by atoms with van der Waals surface area (Å²) in [5.74, 6) is 0.510. The van der Waals surface area contributed by atoms with Crippen molar-refractivity contribution in [3.8, 4) is 39.6 Å². The lowest BCUT2D eigenvalue weighted by molar-refractivity contribution is 0.0597. The van der Waals surface area contributed by atoms with Crippen molar-refractivity contribution < 1.29 is 24.1 Å². The highest BCUT2D eigenvalue weighted by Crippen LogP contribution is 2.40. The molecule has 0 unspecified atom stereocenters. The van der Waals surface area contributed by atoms with E-state index in [0.717, 1.165) is 27.9 Å². The maximum Gasteiger partial charge on any atom is 0.341 e. The third kappa shape index (κ3) is 3.53. The monoisotopic (exact) mass is 399 g/mol. The summed E-state index contributed by atoms with van der Waals surface area (Å²) in [4.78, 5) is 12.1. The van der Waals surface area contributed by atoms with Gasteiger partial charge in [-0.25, -0.2) is 4.79 Å². The van der Waals surface area contributed by atoms with Gasteiger partial charge in [-0.2, -0.15) is 4.37 Å². The molecule has 1 N–H and O–H groups in total. The quantitative estimate of drug-likeness (QED) is 0.613. The molecule has 2 aromatic carbocycles. The molecule has 1 heterocycles. The van der Waals surface area contributed by atoms with E-state index >= 15 is 0 Å². The molecule has 28 heavy (non-hydrogen) atoms. The molecule has 0 atom stereocenters. The normalized spacial score (nSPS) is 10.6. The highest BCUT2D eigenvalue weighted by molar-refractivity contribution is 7.04. The number of rotatable bonds is 6. The summed E-state index contributed by atoms with van der Waals surface area (Å²) in [7, 11) is 4.37. The van der Waals surface area contributed by atoms with Crippen LogP contribution in [0.5, 0.6) is 17.2 Å². The minimum Gasteiger partial charge on any atom is -0.504 e. The molecule has 0 bridgehead atoms. The van der Waals surface area contributed by atoms with Gasteiger partial charge < -0.3 is 19.3 Å². The number of ether oxygens (including phenoxy) is 3. The molecule has 146 valence electrons. The van der Waals surface area contributed by atoms with Crippen molar-refractivity contribution in [2.75, 3.05) is 21.3 Å². The van der Waals surface area contributed by atoms with Gasteiger partial charge in [-0.3, -0.25) is 0 Å². The molecule has 6 nitrogen and oxygen atoms in total. The van der Waals surface area contributed by atoms with Crippen LogP contribution in [0.2, 0.25) is 0 Å². The number of aromatic hydroxyl groups is 1. The van der Waals surface area contributed by atoms with Gasteiger partial charge in [-0.15, -0.1) is 0 Å². The standard InChI is InChI=1S/C21H21NO5S/c1-5-12-8-14(10-17(23)20(12)26-3)19-16(11-28-22-19)13-6-7-18(25-2)15(9-13)21(24)27-4/h6-11,23H,5H2,1-4H3. The molecule has 0 aliphatic heterocycles. The number of hydrogen-bond donors (Lipinski definition) is 1. The lowest BCUT2D eigenvalue weighted by Crippen LogP contribution is -2.04. The van der Waals surface area contributed by atoms with Crippen molar-refractivity contribution in [1.82, 2.24) is 4.37 Å². The molecule has 0 aliphatic rings. The lowest BCUT2D eigenvalue weighted by Gasteiger charge is -2.12. The van der Waals surface area contributed by atoms with E-state index in [1.54, 1.807) is 18.2 Å². The van der Waals surface area contributed by atoms with E-state index in [1.165, 1.54) is 32.9 Å². The Balaban J connectivity index is 2.13. The Kier molecular flexibility index (Phi) is 5.84. The first-order chi connectivity index (χ1) is 13.5. The van der Waals surface area contributed by atoms with Gasteiger partial charge in [-0.1, -0.05) is 13.0 Å². The fourth-order valence-corrected chi connectivity index (χ4v) is 3.82. The summed E-state index contributed by atoms with van der Waals surface area (Å²) in [6.45, 7) is 2.00. The molecule has 0 amide bonds. The smallest absolute Gasteiger partial charge is 0.341 e. The third-order valence-corrected chi connectivity index (χ3v) is 5.12. The Morgan fingerprint density at radius 2 is 1.89 bits per heavy atom. The molecular weight excluding hydrogens is 378 g/mol. The first-order valence-electron chi connectivity index (χ1n) is 8.65. The molecule has 3 rings (SSSR count). The molecule has 0 fully saturated rings. The van der Waals surface area contributed by atoms with Crippen LogP contribution in [0, 0.1) is 0 Å². The number of esters is 1. The van der Waals surface area contributed by atoms with Crippen LogP contribution >= 0.6 is 11.5 Å². The molecule has 3 aromatic rings. The Morgan fingerprint density at radius 3 is 2.54 bits per heavy atom. The number of carbonyl (C=O) groups excluding carboxylic acids is 1. The highest BCUT2D eigenvalue weighted by Gasteiger charge is 2.19.